The molecule has 10 aromatic rings. The molecule has 0 fully saturated rings. The van der Waals surface area contributed by atoms with Gasteiger partial charge >= 0.3 is 0 Å². The molecule has 1 aliphatic rings. The highest BCUT2D eigenvalue weighted by Crippen LogP contribution is 2.44. The predicted octanol–water partition coefficient (Wildman–Crippen LogP) is 12.9. The Morgan fingerprint density at radius 2 is 1.07 bits per heavy atom. The first-order chi connectivity index (χ1) is 27.3. The zero-order chi connectivity index (χ0) is 36.3. The summed E-state index contributed by atoms with van der Waals surface area (Å²) >= 11 is 0. The molecule has 0 radical (unpaired) electrons. The van der Waals surface area contributed by atoms with Crippen LogP contribution in [0.5, 0.6) is 0 Å². The van der Waals surface area contributed by atoms with Crippen molar-refractivity contribution in [3.8, 4) is 22.3 Å². The van der Waals surface area contributed by atoms with Gasteiger partial charge in [-0.05, 0) is 72.8 Å². The number of nitrogens with one attached hydrogen (secondary N) is 1. The molecule has 1 aliphatic heterocycles. The standard InChI is InChI=1S/C51H33N3O/c1-3-13-32(14-4-1)38-29-30-42(47-44-19-9-10-24-46(44)55-48(38)47)40-21-11-22-41-39(40)20-12-23-43(41)51-53-49(35-16-5-2-6-17-35)52-50(54-51)36-28-27-34-26-25-33-15-7-8-18-37(33)45(34)31-36/h1-31,49H,(H,52,53,54). The molecular formula is C51H33N3O. The Hall–Kier alpha value is -7.30. The molecule has 0 bridgehead atoms. The summed E-state index contributed by atoms with van der Waals surface area (Å²) in [6.07, 6.45) is -0.312. The van der Waals surface area contributed by atoms with E-state index in [0.717, 1.165) is 77.5 Å². The molecule has 4 heteroatoms. The number of para-hydroxylation sites is 1. The van der Waals surface area contributed by atoms with Crippen LogP contribution in [0.25, 0.3) is 76.5 Å². The number of rotatable bonds is 5. The van der Waals surface area contributed by atoms with Crippen LogP contribution in [0.3, 0.4) is 0 Å². The van der Waals surface area contributed by atoms with E-state index < -0.39 is 0 Å². The predicted molar refractivity (Wildman–Crippen MR) is 229 cm³/mol. The van der Waals surface area contributed by atoms with Gasteiger partial charge in [-0.1, -0.05) is 170 Å². The minimum Gasteiger partial charge on any atom is -0.455 e. The van der Waals surface area contributed by atoms with Crippen molar-refractivity contribution in [1.82, 2.24) is 5.32 Å². The molecule has 0 saturated carbocycles. The summed E-state index contributed by atoms with van der Waals surface area (Å²) in [5, 5.41) is 13.0. The lowest BCUT2D eigenvalue weighted by atomic mass is 9.90. The van der Waals surface area contributed by atoms with Crippen LogP contribution in [0, 0.1) is 0 Å². The molecule has 55 heavy (non-hydrogen) atoms. The Labute approximate surface area is 317 Å². The van der Waals surface area contributed by atoms with Crippen molar-refractivity contribution in [1.29, 1.82) is 0 Å². The molecule has 258 valence electrons. The molecule has 0 saturated heterocycles. The van der Waals surface area contributed by atoms with Gasteiger partial charge in [-0.25, -0.2) is 9.98 Å². The molecule has 1 N–H and O–H groups in total. The van der Waals surface area contributed by atoms with Crippen LogP contribution >= 0.6 is 0 Å². The summed E-state index contributed by atoms with van der Waals surface area (Å²) in [5.74, 6) is 1.49. The van der Waals surface area contributed by atoms with Crippen molar-refractivity contribution in [3.63, 3.8) is 0 Å². The first kappa shape index (κ1) is 31.2. The summed E-state index contributed by atoms with van der Waals surface area (Å²) in [5.41, 5.74) is 9.32. The summed E-state index contributed by atoms with van der Waals surface area (Å²) in [4.78, 5) is 10.6. The summed E-state index contributed by atoms with van der Waals surface area (Å²) in [6.45, 7) is 0. The third-order valence-electron chi connectivity index (χ3n) is 10.9. The Morgan fingerprint density at radius 3 is 1.91 bits per heavy atom. The topological polar surface area (TPSA) is 49.9 Å². The molecule has 1 aromatic heterocycles. The summed E-state index contributed by atoms with van der Waals surface area (Å²) in [7, 11) is 0. The minimum absolute atomic E-state index is 0.312. The highest BCUT2D eigenvalue weighted by molar-refractivity contribution is 6.22. The molecule has 11 rings (SSSR count). The number of nitrogens with zero attached hydrogens (tertiary/aromatic N) is 2. The average Bonchev–Trinajstić information content (AvgIpc) is 3.66. The smallest absolute Gasteiger partial charge is 0.160 e. The van der Waals surface area contributed by atoms with Crippen molar-refractivity contribution in [2.24, 2.45) is 9.98 Å². The van der Waals surface area contributed by atoms with Gasteiger partial charge < -0.3 is 9.73 Å². The summed E-state index contributed by atoms with van der Waals surface area (Å²) < 4.78 is 6.65. The fraction of sp³-hybridized carbons (Fsp3) is 0.0196. The zero-order valence-electron chi connectivity index (χ0n) is 29.8. The van der Waals surface area contributed by atoms with Gasteiger partial charge in [0.2, 0.25) is 0 Å². The van der Waals surface area contributed by atoms with E-state index in [4.69, 9.17) is 14.4 Å². The van der Waals surface area contributed by atoms with Crippen LogP contribution in [0.1, 0.15) is 22.9 Å². The van der Waals surface area contributed by atoms with Crippen molar-refractivity contribution in [3.05, 3.63) is 205 Å². The highest BCUT2D eigenvalue weighted by atomic mass is 16.3. The van der Waals surface area contributed by atoms with Crippen LogP contribution in [0.15, 0.2) is 202 Å². The van der Waals surface area contributed by atoms with E-state index in [1.54, 1.807) is 0 Å². The van der Waals surface area contributed by atoms with E-state index in [1.165, 1.54) is 21.5 Å². The second-order valence-corrected chi connectivity index (χ2v) is 14.1. The molecule has 1 unspecified atom stereocenters. The van der Waals surface area contributed by atoms with E-state index in [0.29, 0.717) is 5.84 Å². The quantitative estimate of drug-likeness (QED) is 0.181. The third kappa shape index (κ3) is 5.22. The number of fused-ring (bicyclic) bond motifs is 7. The van der Waals surface area contributed by atoms with E-state index in [9.17, 15) is 0 Å². The van der Waals surface area contributed by atoms with Crippen LogP contribution in [-0.4, -0.2) is 11.7 Å². The SMILES string of the molecule is c1ccc(-c2ccc(-c3cccc4c(C5=NC(c6ccccc6)NC(c6ccc7ccc8ccccc8c7c6)=N5)cccc34)c3c2oc2ccccc23)cc1. The van der Waals surface area contributed by atoms with E-state index in [2.05, 4.69) is 175 Å². The third-order valence-corrected chi connectivity index (χ3v) is 10.9. The Bertz CT molecular complexity index is 3180. The van der Waals surface area contributed by atoms with E-state index in [1.807, 2.05) is 18.2 Å². The average molecular weight is 704 g/mol. The number of furan rings is 1. The first-order valence-corrected chi connectivity index (χ1v) is 18.7. The molecular weight excluding hydrogens is 671 g/mol. The minimum atomic E-state index is -0.312. The lowest BCUT2D eigenvalue weighted by Gasteiger charge is -2.24. The molecule has 0 spiro atoms. The second kappa shape index (κ2) is 12.7. The first-order valence-electron chi connectivity index (χ1n) is 18.7. The van der Waals surface area contributed by atoms with E-state index >= 15 is 0 Å². The maximum absolute atomic E-state index is 6.65. The Kier molecular flexibility index (Phi) is 7.20. The number of hydrogen-bond donors (Lipinski definition) is 1. The van der Waals surface area contributed by atoms with Crippen LogP contribution < -0.4 is 5.32 Å². The van der Waals surface area contributed by atoms with Gasteiger partial charge in [0.05, 0.1) is 0 Å². The van der Waals surface area contributed by atoms with Gasteiger partial charge in [0, 0.05) is 27.5 Å². The fourth-order valence-corrected chi connectivity index (χ4v) is 8.31. The number of benzene rings is 9. The van der Waals surface area contributed by atoms with E-state index in [-0.39, 0.29) is 6.17 Å². The van der Waals surface area contributed by atoms with Crippen LogP contribution in [-0.2, 0) is 0 Å². The van der Waals surface area contributed by atoms with Crippen molar-refractivity contribution in [2.45, 2.75) is 6.17 Å². The van der Waals surface area contributed by atoms with Gasteiger partial charge in [-0.2, -0.15) is 0 Å². The number of hydrogen-bond acceptors (Lipinski definition) is 4. The Morgan fingerprint density at radius 1 is 0.436 bits per heavy atom. The molecule has 1 atom stereocenters. The zero-order valence-corrected chi connectivity index (χ0v) is 29.8. The molecule has 0 aliphatic carbocycles. The highest BCUT2D eigenvalue weighted by Gasteiger charge is 2.24. The monoisotopic (exact) mass is 703 g/mol. The lowest BCUT2D eigenvalue weighted by molar-refractivity contribution is 0.670. The maximum Gasteiger partial charge on any atom is 0.160 e. The van der Waals surface area contributed by atoms with Gasteiger partial charge in [-0.15, -0.1) is 0 Å². The Balaban J connectivity index is 1.10. The number of amidine groups is 2. The maximum atomic E-state index is 6.65. The van der Waals surface area contributed by atoms with Gasteiger partial charge in [0.1, 0.15) is 23.2 Å². The fourth-order valence-electron chi connectivity index (χ4n) is 8.31. The van der Waals surface area contributed by atoms with Crippen molar-refractivity contribution < 1.29 is 4.42 Å². The number of aliphatic imine (C=N–C) groups is 2. The summed E-state index contributed by atoms with van der Waals surface area (Å²) in [6, 6.07) is 66.3. The molecule has 0 amide bonds. The van der Waals surface area contributed by atoms with Crippen LogP contribution in [0.4, 0.5) is 0 Å². The lowest BCUT2D eigenvalue weighted by Crippen LogP contribution is -2.33. The molecule has 9 aromatic carbocycles. The van der Waals surface area contributed by atoms with Gasteiger partial charge in [0.15, 0.2) is 5.84 Å². The molecule has 4 nitrogen and oxygen atoms in total. The van der Waals surface area contributed by atoms with Gasteiger partial charge in [-0.3, -0.25) is 0 Å². The normalized spacial score (nSPS) is 14.4. The largest absolute Gasteiger partial charge is 0.455 e. The van der Waals surface area contributed by atoms with Crippen molar-refractivity contribution >= 4 is 65.9 Å². The van der Waals surface area contributed by atoms with Crippen LogP contribution in [0.2, 0.25) is 0 Å². The second-order valence-electron chi connectivity index (χ2n) is 14.1. The van der Waals surface area contributed by atoms with Gasteiger partial charge in [0.25, 0.3) is 0 Å². The molecule has 2 heterocycles. The van der Waals surface area contributed by atoms with Crippen molar-refractivity contribution in [2.75, 3.05) is 0 Å².